The summed E-state index contributed by atoms with van der Waals surface area (Å²) in [7, 11) is 0. The van der Waals surface area contributed by atoms with E-state index < -0.39 is 35.1 Å². The van der Waals surface area contributed by atoms with E-state index in [1.54, 1.807) is 41.5 Å². The number of nitrogens with one attached hydrogen (secondary N) is 1. The lowest BCUT2D eigenvalue weighted by Crippen LogP contribution is -2.46. The van der Waals surface area contributed by atoms with Crippen molar-refractivity contribution >= 4 is 17.8 Å². The van der Waals surface area contributed by atoms with Gasteiger partial charge in [0.2, 0.25) is 5.91 Å². The summed E-state index contributed by atoms with van der Waals surface area (Å²) in [6.07, 6.45) is -0.252. The molecule has 0 heterocycles. The van der Waals surface area contributed by atoms with Crippen LogP contribution < -0.4 is 11.1 Å². The average molecular weight is 302 g/mol. The van der Waals surface area contributed by atoms with Crippen molar-refractivity contribution in [2.24, 2.45) is 5.73 Å². The average Bonchev–Trinajstić information content (AvgIpc) is 2.18. The maximum absolute atomic E-state index is 11.9. The fraction of sp³-hybridized carbons (Fsp3) is 0.786. The highest BCUT2D eigenvalue weighted by Gasteiger charge is 2.27. The molecule has 0 unspecified atom stereocenters. The van der Waals surface area contributed by atoms with Gasteiger partial charge in [0, 0.05) is 0 Å². The van der Waals surface area contributed by atoms with Crippen molar-refractivity contribution in [1.29, 1.82) is 0 Å². The maximum Gasteiger partial charge on any atom is 0.324 e. The van der Waals surface area contributed by atoms with Gasteiger partial charge in [0.1, 0.15) is 17.2 Å². The molecule has 0 aromatic heterocycles. The van der Waals surface area contributed by atoms with Crippen LogP contribution in [-0.4, -0.2) is 41.6 Å². The molecule has 0 spiro atoms. The van der Waals surface area contributed by atoms with Crippen molar-refractivity contribution in [3.8, 4) is 0 Å². The lowest BCUT2D eigenvalue weighted by Gasteiger charge is -2.24. The Morgan fingerprint density at radius 2 is 1.48 bits per heavy atom. The van der Waals surface area contributed by atoms with Crippen LogP contribution in [0, 0.1) is 0 Å². The van der Waals surface area contributed by atoms with E-state index in [2.05, 4.69) is 5.32 Å². The molecular weight excluding hydrogens is 276 g/mol. The minimum Gasteiger partial charge on any atom is -0.459 e. The maximum atomic E-state index is 11.9. The van der Waals surface area contributed by atoms with Gasteiger partial charge in [0.25, 0.3) is 0 Å². The number of ether oxygens (including phenoxy) is 2. The summed E-state index contributed by atoms with van der Waals surface area (Å²) in [6, 6.07) is -0.978. The monoisotopic (exact) mass is 302 g/mol. The summed E-state index contributed by atoms with van der Waals surface area (Å²) in [6.45, 7) is 10.1. The molecule has 1 amide bonds. The number of esters is 2. The number of carbonyl (C=O) groups is 3. The first-order chi connectivity index (χ1) is 9.30. The summed E-state index contributed by atoms with van der Waals surface area (Å²) in [5.74, 6) is -1.83. The molecular formula is C14H26N2O5. The van der Waals surface area contributed by atoms with Crippen LogP contribution in [0.25, 0.3) is 0 Å². The van der Waals surface area contributed by atoms with Crippen LogP contribution >= 0.6 is 0 Å². The van der Waals surface area contributed by atoms with E-state index in [1.807, 2.05) is 0 Å². The smallest absolute Gasteiger partial charge is 0.324 e. The van der Waals surface area contributed by atoms with Crippen molar-refractivity contribution in [2.45, 2.75) is 65.2 Å². The van der Waals surface area contributed by atoms with E-state index in [4.69, 9.17) is 15.2 Å². The van der Waals surface area contributed by atoms with E-state index in [1.165, 1.54) is 0 Å². The van der Waals surface area contributed by atoms with Crippen LogP contribution in [0.5, 0.6) is 0 Å². The van der Waals surface area contributed by atoms with Gasteiger partial charge in [-0.3, -0.25) is 19.7 Å². The van der Waals surface area contributed by atoms with Gasteiger partial charge in [-0.25, -0.2) is 0 Å². The Labute approximate surface area is 125 Å². The Morgan fingerprint density at radius 1 is 1.00 bits per heavy atom. The van der Waals surface area contributed by atoms with Gasteiger partial charge in [-0.15, -0.1) is 0 Å². The van der Waals surface area contributed by atoms with Crippen LogP contribution in [0.15, 0.2) is 0 Å². The lowest BCUT2D eigenvalue weighted by atomic mass is 10.1. The zero-order chi connectivity index (χ0) is 16.8. The highest BCUT2D eigenvalue weighted by atomic mass is 16.6. The van der Waals surface area contributed by atoms with E-state index >= 15 is 0 Å². The van der Waals surface area contributed by atoms with Gasteiger partial charge in [-0.2, -0.15) is 0 Å². The lowest BCUT2D eigenvalue weighted by molar-refractivity contribution is -0.159. The van der Waals surface area contributed by atoms with Gasteiger partial charge >= 0.3 is 11.9 Å². The van der Waals surface area contributed by atoms with Crippen molar-refractivity contribution in [3.63, 3.8) is 0 Å². The summed E-state index contributed by atoms with van der Waals surface area (Å²) in [4.78, 5) is 34.6. The quantitative estimate of drug-likeness (QED) is 0.692. The molecule has 0 aliphatic carbocycles. The summed E-state index contributed by atoms with van der Waals surface area (Å²) < 4.78 is 10.3. The summed E-state index contributed by atoms with van der Waals surface area (Å²) >= 11 is 0. The molecule has 0 saturated carbocycles. The second-order valence-corrected chi connectivity index (χ2v) is 6.72. The second kappa shape index (κ2) is 7.40. The number of amides is 1. The molecule has 122 valence electrons. The normalized spacial score (nSPS) is 13.4. The van der Waals surface area contributed by atoms with E-state index in [-0.39, 0.29) is 13.0 Å². The van der Waals surface area contributed by atoms with Crippen molar-refractivity contribution in [2.75, 3.05) is 6.54 Å². The van der Waals surface area contributed by atoms with Crippen LogP contribution in [0.3, 0.4) is 0 Å². The molecule has 0 bridgehead atoms. The van der Waals surface area contributed by atoms with Gasteiger partial charge in [0.15, 0.2) is 0 Å². The summed E-state index contributed by atoms with van der Waals surface area (Å²) in [5.41, 5.74) is 3.79. The highest BCUT2D eigenvalue weighted by molar-refractivity contribution is 5.85. The standard InChI is InChI=1S/C14H26N2O5/c1-13(2,3)20-11(18)8-16-9(7-10(15)17)12(19)21-14(4,5)6/h9,16H,7-8H2,1-6H3,(H2,15,17)/t9-/m0/s1. The molecule has 3 N–H and O–H groups in total. The molecule has 0 radical (unpaired) electrons. The first-order valence-corrected chi connectivity index (χ1v) is 6.76. The number of rotatable bonds is 6. The minimum atomic E-state index is -0.978. The first-order valence-electron chi connectivity index (χ1n) is 6.76. The van der Waals surface area contributed by atoms with Gasteiger partial charge in [-0.1, -0.05) is 0 Å². The predicted octanol–water partition coefficient (Wildman–Crippen LogP) is 0.503. The Hall–Kier alpha value is -1.63. The Kier molecular flexibility index (Phi) is 6.82. The number of primary amides is 1. The molecule has 21 heavy (non-hydrogen) atoms. The fourth-order valence-electron chi connectivity index (χ4n) is 1.40. The van der Waals surface area contributed by atoms with Crippen LogP contribution in [0.2, 0.25) is 0 Å². The van der Waals surface area contributed by atoms with Crippen LogP contribution in [0.4, 0.5) is 0 Å². The third kappa shape index (κ3) is 10.8. The topological polar surface area (TPSA) is 108 Å². The zero-order valence-corrected chi connectivity index (χ0v) is 13.6. The van der Waals surface area contributed by atoms with Crippen LogP contribution in [0.1, 0.15) is 48.0 Å². The molecule has 7 nitrogen and oxygen atoms in total. The number of carbonyl (C=O) groups excluding carboxylic acids is 3. The number of nitrogens with two attached hydrogens (primary N) is 1. The van der Waals surface area contributed by atoms with Crippen molar-refractivity contribution in [3.05, 3.63) is 0 Å². The number of hydrogen-bond acceptors (Lipinski definition) is 6. The SMILES string of the molecule is CC(C)(C)OC(=O)CN[C@@H](CC(N)=O)C(=O)OC(C)(C)C. The molecule has 0 rings (SSSR count). The molecule has 0 aromatic carbocycles. The molecule has 7 heteroatoms. The van der Waals surface area contributed by atoms with E-state index in [0.717, 1.165) is 0 Å². The highest BCUT2D eigenvalue weighted by Crippen LogP contribution is 2.10. The Bertz CT molecular complexity index is 393. The third-order valence-electron chi connectivity index (χ3n) is 2.01. The van der Waals surface area contributed by atoms with Gasteiger partial charge in [0.05, 0.1) is 13.0 Å². The number of hydrogen-bond donors (Lipinski definition) is 2. The minimum absolute atomic E-state index is 0.214. The van der Waals surface area contributed by atoms with Gasteiger partial charge < -0.3 is 15.2 Å². The molecule has 0 aliphatic heterocycles. The van der Waals surface area contributed by atoms with Crippen molar-refractivity contribution < 1.29 is 23.9 Å². The second-order valence-electron chi connectivity index (χ2n) is 6.72. The van der Waals surface area contributed by atoms with Crippen LogP contribution in [-0.2, 0) is 23.9 Å². The third-order valence-corrected chi connectivity index (χ3v) is 2.01. The Balaban J connectivity index is 4.60. The largest absolute Gasteiger partial charge is 0.459 e. The molecule has 0 saturated heterocycles. The van der Waals surface area contributed by atoms with E-state index in [9.17, 15) is 14.4 Å². The fourth-order valence-corrected chi connectivity index (χ4v) is 1.40. The molecule has 0 aliphatic rings. The Morgan fingerprint density at radius 3 is 1.86 bits per heavy atom. The predicted molar refractivity (Wildman–Crippen MR) is 77.3 cm³/mol. The van der Waals surface area contributed by atoms with Gasteiger partial charge in [-0.05, 0) is 41.5 Å². The zero-order valence-electron chi connectivity index (χ0n) is 13.6. The molecule has 0 fully saturated rings. The summed E-state index contributed by atoms with van der Waals surface area (Å²) in [5, 5.41) is 2.65. The molecule has 1 atom stereocenters. The van der Waals surface area contributed by atoms with Crippen molar-refractivity contribution in [1.82, 2.24) is 5.32 Å². The van der Waals surface area contributed by atoms with E-state index in [0.29, 0.717) is 0 Å². The first kappa shape index (κ1) is 19.4. The molecule has 0 aromatic rings.